The highest BCUT2D eigenvalue weighted by atomic mass is 16.5. The summed E-state index contributed by atoms with van der Waals surface area (Å²) in [5, 5.41) is 9.91. The second-order valence-electron chi connectivity index (χ2n) is 4.55. The molecule has 0 amide bonds. The van der Waals surface area contributed by atoms with Gasteiger partial charge in [-0.3, -0.25) is 0 Å². The maximum Gasteiger partial charge on any atom is 0.336 e. The Bertz CT molecular complexity index is 398. The van der Waals surface area contributed by atoms with Crippen LogP contribution in [0.5, 0.6) is 0 Å². The quantitative estimate of drug-likeness (QED) is 0.445. The fourth-order valence-electron chi connectivity index (χ4n) is 1.66. The van der Waals surface area contributed by atoms with Crippen LogP contribution in [0.25, 0.3) is 0 Å². The van der Waals surface area contributed by atoms with Gasteiger partial charge in [-0.1, -0.05) is 50.3 Å². The number of ether oxygens (including phenoxy) is 1. The van der Waals surface area contributed by atoms with Gasteiger partial charge in [0.2, 0.25) is 0 Å². The molecular formula is C16H22O3. The summed E-state index contributed by atoms with van der Waals surface area (Å²) >= 11 is 0. The predicted molar refractivity (Wildman–Crippen MR) is 75.8 cm³/mol. The van der Waals surface area contributed by atoms with E-state index in [9.17, 15) is 9.90 Å². The van der Waals surface area contributed by atoms with Crippen LogP contribution < -0.4 is 0 Å². The molecule has 3 nitrogen and oxygen atoms in total. The van der Waals surface area contributed by atoms with Crippen LogP contribution in [0.2, 0.25) is 0 Å². The average Bonchev–Trinajstić information content (AvgIpc) is 2.45. The van der Waals surface area contributed by atoms with Crippen molar-refractivity contribution in [2.75, 3.05) is 6.61 Å². The minimum absolute atomic E-state index is 0.145. The molecule has 0 saturated heterocycles. The second-order valence-corrected chi connectivity index (χ2v) is 4.55. The number of aliphatic hydroxyl groups excluding tert-OH is 1. The van der Waals surface area contributed by atoms with E-state index in [1.165, 1.54) is 0 Å². The maximum atomic E-state index is 11.6. The van der Waals surface area contributed by atoms with Crippen molar-refractivity contribution in [1.82, 2.24) is 0 Å². The second kappa shape index (κ2) is 8.48. The minimum Gasteiger partial charge on any atom is -0.462 e. The van der Waals surface area contributed by atoms with Crippen LogP contribution in [-0.2, 0) is 16.0 Å². The summed E-state index contributed by atoms with van der Waals surface area (Å²) in [5.74, 6) is -0.492. The normalized spacial score (nSPS) is 11.9. The number of rotatable bonds is 8. The monoisotopic (exact) mass is 262 g/mol. The molecule has 19 heavy (non-hydrogen) atoms. The first-order chi connectivity index (χ1) is 9.15. The molecule has 1 aromatic rings. The maximum absolute atomic E-state index is 11.6. The molecular weight excluding hydrogens is 240 g/mol. The van der Waals surface area contributed by atoms with Gasteiger partial charge in [0.25, 0.3) is 0 Å². The van der Waals surface area contributed by atoms with Gasteiger partial charge in [0.1, 0.15) is 0 Å². The Morgan fingerprint density at radius 3 is 2.68 bits per heavy atom. The number of hydrogen-bond acceptors (Lipinski definition) is 3. The van der Waals surface area contributed by atoms with E-state index in [1.54, 1.807) is 0 Å². The molecule has 104 valence electrons. The van der Waals surface area contributed by atoms with Crippen molar-refractivity contribution in [2.24, 2.45) is 0 Å². The summed E-state index contributed by atoms with van der Waals surface area (Å²) in [5.41, 5.74) is 1.28. The minimum atomic E-state index is -0.839. The Morgan fingerprint density at radius 1 is 1.37 bits per heavy atom. The summed E-state index contributed by atoms with van der Waals surface area (Å²) in [7, 11) is 0. The first-order valence-corrected chi connectivity index (χ1v) is 6.73. The number of carbonyl (C=O) groups is 1. The molecule has 3 heteroatoms. The van der Waals surface area contributed by atoms with Crippen LogP contribution in [0.15, 0.2) is 42.5 Å². The Morgan fingerprint density at radius 2 is 2.05 bits per heavy atom. The van der Waals surface area contributed by atoms with Crippen molar-refractivity contribution >= 4 is 5.97 Å². The van der Waals surface area contributed by atoms with E-state index in [4.69, 9.17) is 4.74 Å². The zero-order chi connectivity index (χ0) is 14.1. The average molecular weight is 262 g/mol. The fourth-order valence-corrected chi connectivity index (χ4v) is 1.66. The summed E-state index contributed by atoms with van der Waals surface area (Å²) in [6.07, 6.45) is 2.15. The van der Waals surface area contributed by atoms with Crippen molar-refractivity contribution in [1.29, 1.82) is 0 Å². The lowest BCUT2D eigenvalue weighted by Gasteiger charge is -2.13. The Labute approximate surface area is 114 Å². The third-order valence-electron chi connectivity index (χ3n) is 2.94. The molecule has 0 aliphatic heterocycles. The molecule has 1 atom stereocenters. The highest BCUT2D eigenvalue weighted by Crippen LogP contribution is 2.11. The van der Waals surface area contributed by atoms with E-state index >= 15 is 0 Å². The number of benzene rings is 1. The van der Waals surface area contributed by atoms with Crippen LogP contribution in [0.4, 0.5) is 0 Å². The van der Waals surface area contributed by atoms with Gasteiger partial charge in [-0.05, 0) is 24.8 Å². The fraction of sp³-hybridized carbons (Fsp3) is 0.438. The molecule has 0 radical (unpaired) electrons. The van der Waals surface area contributed by atoms with E-state index in [0.717, 1.165) is 18.4 Å². The topological polar surface area (TPSA) is 46.5 Å². The van der Waals surface area contributed by atoms with Crippen molar-refractivity contribution in [3.63, 3.8) is 0 Å². The smallest absolute Gasteiger partial charge is 0.336 e. The molecule has 1 N–H and O–H groups in total. The first-order valence-electron chi connectivity index (χ1n) is 6.73. The summed E-state index contributed by atoms with van der Waals surface area (Å²) in [4.78, 5) is 11.6. The van der Waals surface area contributed by atoms with Gasteiger partial charge in [-0.15, -0.1) is 0 Å². The Balaban J connectivity index is 2.34. The lowest BCUT2D eigenvalue weighted by molar-refractivity contribution is -0.140. The van der Waals surface area contributed by atoms with E-state index in [0.29, 0.717) is 19.4 Å². The summed E-state index contributed by atoms with van der Waals surface area (Å²) < 4.78 is 5.02. The third-order valence-corrected chi connectivity index (χ3v) is 2.94. The summed E-state index contributed by atoms with van der Waals surface area (Å²) in [6, 6.07) is 9.85. The lowest BCUT2D eigenvalue weighted by atomic mass is 10.0. The van der Waals surface area contributed by atoms with E-state index in [1.807, 2.05) is 37.3 Å². The zero-order valence-corrected chi connectivity index (χ0v) is 11.5. The van der Waals surface area contributed by atoms with Crippen LogP contribution in [0.1, 0.15) is 31.7 Å². The molecule has 0 saturated carbocycles. The van der Waals surface area contributed by atoms with Gasteiger partial charge >= 0.3 is 5.97 Å². The standard InChI is InChI=1S/C16H22O3/c1-3-4-12-19-16(18)13(2)15(17)11-10-14-8-6-5-7-9-14/h5-9,15,17H,2-4,10-12H2,1H3. The third kappa shape index (κ3) is 5.71. The number of unbranched alkanes of at least 4 members (excludes halogenated alkanes) is 1. The van der Waals surface area contributed by atoms with Gasteiger partial charge in [-0.25, -0.2) is 4.79 Å². The van der Waals surface area contributed by atoms with Crippen molar-refractivity contribution < 1.29 is 14.6 Å². The van der Waals surface area contributed by atoms with Crippen LogP contribution in [0.3, 0.4) is 0 Å². The number of hydrogen-bond donors (Lipinski definition) is 1. The zero-order valence-electron chi connectivity index (χ0n) is 11.5. The molecule has 0 spiro atoms. The van der Waals surface area contributed by atoms with Crippen LogP contribution >= 0.6 is 0 Å². The SMILES string of the molecule is C=C(C(=O)OCCCC)C(O)CCc1ccccc1. The molecule has 0 aliphatic rings. The molecule has 1 aromatic carbocycles. The molecule has 1 rings (SSSR count). The van der Waals surface area contributed by atoms with E-state index < -0.39 is 12.1 Å². The van der Waals surface area contributed by atoms with Gasteiger partial charge in [0, 0.05) is 0 Å². The van der Waals surface area contributed by atoms with Gasteiger partial charge in [0.15, 0.2) is 0 Å². The predicted octanol–water partition coefficient (Wildman–Crippen LogP) is 2.88. The molecule has 0 bridgehead atoms. The molecule has 1 unspecified atom stereocenters. The number of aliphatic hydroxyl groups is 1. The van der Waals surface area contributed by atoms with Gasteiger partial charge in [0.05, 0.1) is 18.3 Å². The van der Waals surface area contributed by atoms with Crippen molar-refractivity contribution in [3.05, 3.63) is 48.0 Å². The molecule has 0 fully saturated rings. The first kappa shape index (κ1) is 15.4. The Kier molecular flexibility index (Phi) is 6.90. The molecule has 0 aliphatic carbocycles. The highest BCUT2D eigenvalue weighted by Gasteiger charge is 2.17. The van der Waals surface area contributed by atoms with E-state index in [2.05, 4.69) is 6.58 Å². The largest absolute Gasteiger partial charge is 0.462 e. The van der Waals surface area contributed by atoms with Crippen LogP contribution in [-0.4, -0.2) is 23.8 Å². The lowest BCUT2D eigenvalue weighted by Crippen LogP contribution is -2.20. The molecule has 0 aromatic heterocycles. The van der Waals surface area contributed by atoms with Gasteiger partial charge in [-0.2, -0.15) is 0 Å². The van der Waals surface area contributed by atoms with E-state index in [-0.39, 0.29) is 5.57 Å². The number of aryl methyl sites for hydroxylation is 1. The number of carbonyl (C=O) groups excluding carboxylic acids is 1. The Hall–Kier alpha value is -1.61. The van der Waals surface area contributed by atoms with Crippen LogP contribution in [0, 0.1) is 0 Å². The van der Waals surface area contributed by atoms with Crippen molar-refractivity contribution in [2.45, 2.75) is 38.7 Å². The van der Waals surface area contributed by atoms with Crippen molar-refractivity contribution in [3.8, 4) is 0 Å². The summed E-state index contributed by atoms with van der Waals surface area (Å²) in [6.45, 7) is 6.03. The highest BCUT2D eigenvalue weighted by molar-refractivity contribution is 5.88. The van der Waals surface area contributed by atoms with Gasteiger partial charge < -0.3 is 9.84 Å². The molecule has 0 heterocycles. The number of esters is 1.